The van der Waals surface area contributed by atoms with Crippen molar-refractivity contribution < 1.29 is 9.59 Å². The zero-order valence-corrected chi connectivity index (χ0v) is 17.8. The van der Waals surface area contributed by atoms with Gasteiger partial charge in [0.1, 0.15) is 5.41 Å². The fraction of sp³-hybridized carbons (Fsp3) is 0.625. The van der Waals surface area contributed by atoms with Crippen LogP contribution in [0.2, 0.25) is 0 Å². The number of ketones is 1. The molecule has 0 bridgehead atoms. The second-order valence-electron chi connectivity index (χ2n) is 8.31. The topological polar surface area (TPSA) is 96.0 Å². The summed E-state index contributed by atoms with van der Waals surface area (Å²) in [6, 6.07) is 7.47. The molecule has 158 valence electrons. The van der Waals surface area contributed by atoms with Gasteiger partial charge in [-0.3, -0.25) is 15.0 Å². The molecule has 1 fully saturated rings. The number of rotatable bonds is 14. The van der Waals surface area contributed by atoms with E-state index in [1.165, 1.54) is 57.8 Å². The minimum absolute atomic E-state index is 0.247. The minimum Gasteiger partial charge on any atom is -0.292 e. The molecule has 29 heavy (non-hydrogen) atoms. The molecule has 0 spiro atoms. The van der Waals surface area contributed by atoms with Crippen LogP contribution in [0.15, 0.2) is 18.2 Å². The highest BCUT2D eigenvalue weighted by molar-refractivity contribution is 6.12. The number of nitrogens with one attached hydrogen (secondary N) is 1. The van der Waals surface area contributed by atoms with Gasteiger partial charge in [-0.2, -0.15) is 5.26 Å². The highest BCUT2D eigenvalue weighted by Crippen LogP contribution is 2.48. The Bertz CT molecular complexity index is 732. The van der Waals surface area contributed by atoms with Crippen molar-refractivity contribution in [1.82, 2.24) is 5.43 Å². The summed E-state index contributed by atoms with van der Waals surface area (Å²) in [5.41, 5.74) is 2.78. The molecule has 3 N–H and O–H groups in total. The van der Waals surface area contributed by atoms with Crippen LogP contribution in [0.1, 0.15) is 110 Å². The van der Waals surface area contributed by atoms with Gasteiger partial charge in [0.25, 0.3) is 5.91 Å². The molecule has 0 aromatic heterocycles. The van der Waals surface area contributed by atoms with Gasteiger partial charge in [-0.05, 0) is 43.4 Å². The summed E-state index contributed by atoms with van der Waals surface area (Å²) >= 11 is 0. The largest absolute Gasteiger partial charge is 0.292 e. The minimum atomic E-state index is -0.945. The molecule has 0 heterocycles. The van der Waals surface area contributed by atoms with Gasteiger partial charge in [-0.15, -0.1) is 0 Å². The zero-order valence-electron chi connectivity index (χ0n) is 17.8. The lowest BCUT2D eigenvalue weighted by atomic mass is 9.90. The Balaban J connectivity index is 1.84. The Morgan fingerprint density at radius 3 is 2.10 bits per heavy atom. The van der Waals surface area contributed by atoms with E-state index in [0.717, 1.165) is 18.4 Å². The highest BCUT2D eigenvalue weighted by atomic mass is 16.2. The van der Waals surface area contributed by atoms with E-state index in [-0.39, 0.29) is 11.3 Å². The molecule has 5 nitrogen and oxygen atoms in total. The van der Waals surface area contributed by atoms with Crippen LogP contribution < -0.4 is 11.3 Å². The summed E-state index contributed by atoms with van der Waals surface area (Å²) < 4.78 is 0. The number of nitrogen functional groups attached to an aromatic ring is 1. The summed E-state index contributed by atoms with van der Waals surface area (Å²) in [5.74, 6) is 4.52. The first-order valence-corrected chi connectivity index (χ1v) is 11.2. The summed E-state index contributed by atoms with van der Waals surface area (Å²) in [6.07, 6.45) is 14.8. The quantitative estimate of drug-likeness (QED) is 0.147. The smallest absolute Gasteiger partial charge is 0.265 e. The molecule has 5 heteroatoms. The van der Waals surface area contributed by atoms with E-state index in [1.807, 2.05) is 6.07 Å². The predicted molar refractivity (Wildman–Crippen MR) is 115 cm³/mol. The van der Waals surface area contributed by atoms with E-state index in [9.17, 15) is 14.9 Å². The molecule has 0 saturated heterocycles. The van der Waals surface area contributed by atoms with Gasteiger partial charge in [0.15, 0.2) is 5.78 Å². The van der Waals surface area contributed by atoms with Crippen molar-refractivity contribution in [3.63, 3.8) is 0 Å². The maximum atomic E-state index is 12.9. The third kappa shape index (κ3) is 6.68. The molecule has 0 radical (unpaired) electrons. The van der Waals surface area contributed by atoms with Crippen LogP contribution in [0, 0.1) is 16.7 Å². The van der Waals surface area contributed by atoms with E-state index < -0.39 is 11.3 Å². The van der Waals surface area contributed by atoms with Crippen molar-refractivity contribution in [3.8, 4) is 6.07 Å². The molecule has 1 saturated carbocycles. The van der Waals surface area contributed by atoms with E-state index in [2.05, 4.69) is 18.4 Å². The van der Waals surface area contributed by atoms with E-state index in [4.69, 9.17) is 5.84 Å². The number of unbranched alkanes of at least 4 members (excludes halogenated alkanes) is 9. The Hall–Kier alpha value is -2.19. The van der Waals surface area contributed by atoms with E-state index >= 15 is 0 Å². The Kier molecular flexibility index (Phi) is 9.34. The lowest BCUT2D eigenvalue weighted by Gasteiger charge is -2.12. The number of nitrogens with zero attached hydrogens (tertiary/aromatic N) is 1. The van der Waals surface area contributed by atoms with Crippen LogP contribution in [0.4, 0.5) is 0 Å². The highest BCUT2D eigenvalue weighted by Gasteiger charge is 2.51. The predicted octanol–water partition coefficient (Wildman–Crippen LogP) is 5.24. The van der Waals surface area contributed by atoms with Crippen molar-refractivity contribution >= 4 is 11.7 Å². The third-order valence-corrected chi connectivity index (χ3v) is 5.92. The molecule has 1 amide bonds. The van der Waals surface area contributed by atoms with Crippen LogP contribution >= 0.6 is 0 Å². The molecular formula is C24H35N3O2. The number of carbonyl (C=O) groups is 2. The molecule has 0 atom stereocenters. The number of hydrazine groups is 1. The number of nitriles is 1. The van der Waals surface area contributed by atoms with Crippen molar-refractivity contribution in [3.05, 3.63) is 34.9 Å². The number of benzene rings is 1. The number of Topliss-reactive ketones (excluding diaryl/α,β-unsaturated/α-hetero) is 1. The summed E-state index contributed by atoms with van der Waals surface area (Å²) in [4.78, 5) is 24.9. The van der Waals surface area contributed by atoms with Gasteiger partial charge in [-0.25, -0.2) is 5.84 Å². The van der Waals surface area contributed by atoms with E-state index in [1.54, 1.807) is 12.1 Å². The molecule has 2 rings (SSSR count). The zero-order chi connectivity index (χ0) is 21.1. The number of aryl methyl sites for hydroxylation is 1. The second-order valence-corrected chi connectivity index (χ2v) is 8.31. The maximum absolute atomic E-state index is 12.9. The number of carbonyl (C=O) groups excluding carboxylic acids is 2. The first-order chi connectivity index (χ1) is 14.1. The summed E-state index contributed by atoms with van der Waals surface area (Å²) in [7, 11) is 0. The molecular weight excluding hydrogens is 362 g/mol. The van der Waals surface area contributed by atoms with Gasteiger partial charge in [0.05, 0.1) is 11.6 Å². The van der Waals surface area contributed by atoms with Crippen LogP contribution in [0.25, 0.3) is 0 Å². The van der Waals surface area contributed by atoms with Gasteiger partial charge < -0.3 is 0 Å². The Morgan fingerprint density at radius 2 is 1.59 bits per heavy atom. The van der Waals surface area contributed by atoms with Gasteiger partial charge in [0, 0.05) is 5.56 Å². The number of hydrogen-bond acceptors (Lipinski definition) is 4. The average molecular weight is 398 g/mol. The van der Waals surface area contributed by atoms with Crippen LogP contribution in [-0.2, 0) is 6.42 Å². The number of hydrogen-bond donors (Lipinski definition) is 2. The second kappa shape index (κ2) is 11.7. The van der Waals surface area contributed by atoms with Crippen LogP contribution in [-0.4, -0.2) is 11.7 Å². The van der Waals surface area contributed by atoms with Crippen LogP contribution in [0.3, 0.4) is 0 Å². The lowest BCUT2D eigenvalue weighted by molar-refractivity contribution is 0.0909. The lowest BCUT2D eigenvalue weighted by Crippen LogP contribution is -2.32. The number of nitrogens with two attached hydrogens (primary N) is 1. The van der Waals surface area contributed by atoms with Crippen molar-refractivity contribution in [1.29, 1.82) is 5.26 Å². The summed E-state index contributed by atoms with van der Waals surface area (Å²) in [6.45, 7) is 2.24. The average Bonchev–Trinajstić information content (AvgIpc) is 3.55. The van der Waals surface area contributed by atoms with Crippen molar-refractivity contribution in [2.24, 2.45) is 11.3 Å². The summed E-state index contributed by atoms with van der Waals surface area (Å²) in [5, 5.41) is 9.35. The van der Waals surface area contributed by atoms with E-state index in [0.29, 0.717) is 18.4 Å². The molecule has 0 unspecified atom stereocenters. The fourth-order valence-corrected chi connectivity index (χ4v) is 3.80. The van der Waals surface area contributed by atoms with Gasteiger partial charge in [-0.1, -0.05) is 70.8 Å². The Labute approximate surface area is 175 Å². The first kappa shape index (κ1) is 23.1. The van der Waals surface area contributed by atoms with Gasteiger partial charge >= 0.3 is 0 Å². The molecule has 1 aliphatic carbocycles. The molecule has 1 aromatic carbocycles. The van der Waals surface area contributed by atoms with Crippen LogP contribution in [0.5, 0.6) is 0 Å². The first-order valence-electron chi connectivity index (χ1n) is 11.2. The van der Waals surface area contributed by atoms with Crippen molar-refractivity contribution in [2.75, 3.05) is 0 Å². The molecule has 1 aromatic rings. The Morgan fingerprint density at radius 1 is 1.00 bits per heavy atom. The van der Waals surface area contributed by atoms with Crippen molar-refractivity contribution in [2.45, 2.75) is 90.4 Å². The fourth-order valence-electron chi connectivity index (χ4n) is 3.80. The normalized spacial score (nSPS) is 14.2. The molecule has 1 aliphatic rings. The van der Waals surface area contributed by atoms with Gasteiger partial charge in [0.2, 0.25) is 0 Å². The number of amides is 1. The third-order valence-electron chi connectivity index (χ3n) is 5.92. The SMILES string of the molecule is CCCCCCCCCCCCc1ccc(C(=O)NN)c(C(=O)C2(C#N)CC2)c1. The maximum Gasteiger partial charge on any atom is 0.265 e. The molecule has 0 aliphatic heterocycles. The monoisotopic (exact) mass is 397 g/mol. The standard InChI is InChI=1S/C24H35N3O2/c1-2-3-4-5-6-7-8-9-10-11-12-19-13-14-20(23(29)27-26)21(17-19)22(28)24(18-25)15-16-24/h13-14,17H,2-12,15-16,26H2,1H3,(H,27,29).